The summed E-state index contributed by atoms with van der Waals surface area (Å²) in [5.74, 6) is -0.625. The Morgan fingerprint density at radius 2 is 2.26 bits per heavy atom. The van der Waals surface area contributed by atoms with Gasteiger partial charge in [-0.1, -0.05) is 12.1 Å². The molecule has 1 aliphatic heterocycles. The van der Waals surface area contributed by atoms with E-state index in [1.807, 2.05) is 0 Å². The molecule has 2 rings (SSSR count). The predicted molar refractivity (Wildman–Crippen MR) is 71.4 cm³/mol. The molecule has 4 nitrogen and oxygen atoms in total. The largest absolute Gasteiger partial charge is 0.381 e. The van der Waals surface area contributed by atoms with E-state index in [1.165, 1.54) is 11.0 Å². The third kappa shape index (κ3) is 3.30. The lowest BCUT2D eigenvalue weighted by atomic mass is 10.1. The Bertz CT molecular complexity index is 433. The maximum atomic E-state index is 13.9. The third-order valence-corrected chi connectivity index (χ3v) is 3.27. The zero-order chi connectivity index (χ0) is 13.7. The van der Waals surface area contributed by atoms with Crippen molar-refractivity contribution in [3.05, 3.63) is 30.1 Å². The van der Waals surface area contributed by atoms with Gasteiger partial charge in [-0.3, -0.25) is 4.79 Å². The minimum Gasteiger partial charge on any atom is -0.381 e. The average molecular weight is 266 g/mol. The maximum Gasteiger partial charge on any atom is 0.232 e. The normalized spacial score (nSPS) is 18.5. The first-order valence-electron chi connectivity index (χ1n) is 6.57. The van der Waals surface area contributed by atoms with Crippen LogP contribution in [0, 0.1) is 11.7 Å². The number of halogens is 1. The van der Waals surface area contributed by atoms with Crippen molar-refractivity contribution in [2.24, 2.45) is 11.7 Å². The summed E-state index contributed by atoms with van der Waals surface area (Å²) in [6.45, 7) is 1.93. The van der Waals surface area contributed by atoms with E-state index in [0.29, 0.717) is 44.8 Å². The van der Waals surface area contributed by atoms with Crippen molar-refractivity contribution in [2.45, 2.75) is 12.8 Å². The second kappa shape index (κ2) is 6.63. The van der Waals surface area contributed by atoms with Crippen LogP contribution in [0.3, 0.4) is 0 Å². The summed E-state index contributed by atoms with van der Waals surface area (Å²) < 4.78 is 19.1. The highest BCUT2D eigenvalue weighted by molar-refractivity contribution is 5.95. The molecule has 1 heterocycles. The van der Waals surface area contributed by atoms with E-state index < -0.39 is 0 Å². The SMILES string of the molecule is NCCCN(C(=O)C1CCOC1)c1ccccc1F. The summed E-state index contributed by atoms with van der Waals surface area (Å²) in [5.41, 5.74) is 5.82. The molecule has 104 valence electrons. The Morgan fingerprint density at radius 1 is 1.47 bits per heavy atom. The fraction of sp³-hybridized carbons (Fsp3) is 0.500. The van der Waals surface area contributed by atoms with Gasteiger partial charge in [-0.15, -0.1) is 0 Å². The molecule has 0 bridgehead atoms. The zero-order valence-corrected chi connectivity index (χ0v) is 10.8. The molecule has 1 saturated heterocycles. The van der Waals surface area contributed by atoms with Crippen molar-refractivity contribution in [3.63, 3.8) is 0 Å². The van der Waals surface area contributed by atoms with Crippen LogP contribution >= 0.6 is 0 Å². The van der Waals surface area contributed by atoms with E-state index >= 15 is 0 Å². The van der Waals surface area contributed by atoms with Crippen LogP contribution in [0.25, 0.3) is 0 Å². The Balaban J connectivity index is 2.19. The van der Waals surface area contributed by atoms with Crippen LogP contribution in [0.2, 0.25) is 0 Å². The standard InChI is InChI=1S/C14H19FN2O2/c15-12-4-1-2-5-13(12)17(8-3-7-16)14(18)11-6-9-19-10-11/h1-2,4-5,11H,3,6-10,16H2. The minimum absolute atomic E-state index is 0.0731. The van der Waals surface area contributed by atoms with Gasteiger partial charge >= 0.3 is 0 Å². The monoisotopic (exact) mass is 266 g/mol. The lowest BCUT2D eigenvalue weighted by Crippen LogP contribution is -2.38. The molecule has 1 amide bonds. The van der Waals surface area contributed by atoms with Gasteiger partial charge in [0.05, 0.1) is 18.2 Å². The first kappa shape index (κ1) is 14.0. The molecular weight excluding hydrogens is 247 g/mol. The number of amides is 1. The number of carbonyl (C=O) groups excluding carboxylic acids is 1. The predicted octanol–water partition coefficient (Wildman–Crippen LogP) is 1.54. The van der Waals surface area contributed by atoms with Gasteiger partial charge in [0.25, 0.3) is 0 Å². The molecule has 2 N–H and O–H groups in total. The second-order valence-corrected chi connectivity index (χ2v) is 4.64. The van der Waals surface area contributed by atoms with Crippen LogP contribution in [0.5, 0.6) is 0 Å². The van der Waals surface area contributed by atoms with Crippen LogP contribution in [0.1, 0.15) is 12.8 Å². The number of hydrogen-bond acceptors (Lipinski definition) is 3. The summed E-state index contributed by atoms with van der Waals surface area (Å²) in [6, 6.07) is 6.33. The molecule has 0 aliphatic carbocycles. The number of nitrogens with two attached hydrogens (primary N) is 1. The van der Waals surface area contributed by atoms with Gasteiger partial charge in [-0.25, -0.2) is 4.39 Å². The topological polar surface area (TPSA) is 55.6 Å². The Morgan fingerprint density at radius 3 is 2.89 bits per heavy atom. The molecule has 19 heavy (non-hydrogen) atoms. The highest BCUT2D eigenvalue weighted by atomic mass is 19.1. The van der Waals surface area contributed by atoms with Crippen molar-refractivity contribution >= 4 is 11.6 Å². The third-order valence-electron chi connectivity index (χ3n) is 3.27. The van der Waals surface area contributed by atoms with E-state index in [4.69, 9.17) is 10.5 Å². The molecule has 1 fully saturated rings. The van der Waals surface area contributed by atoms with E-state index in [9.17, 15) is 9.18 Å². The molecule has 0 radical (unpaired) electrons. The molecule has 1 aromatic rings. The number of benzene rings is 1. The summed E-state index contributed by atoms with van der Waals surface area (Å²) in [7, 11) is 0. The molecule has 1 atom stereocenters. The molecule has 1 aliphatic rings. The number of carbonyl (C=O) groups is 1. The fourth-order valence-electron chi connectivity index (χ4n) is 2.22. The number of anilines is 1. The van der Waals surface area contributed by atoms with Gasteiger partial charge in [0, 0.05) is 13.2 Å². The Hall–Kier alpha value is -1.46. The quantitative estimate of drug-likeness (QED) is 0.879. The smallest absolute Gasteiger partial charge is 0.232 e. The first-order valence-corrected chi connectivity index (χ1v) is 6.57. The van der Waals surface area contributed by atoms with Gasteiger partial charge in [0.1, 0.15) is 5.82 Å². The summed E-state index contributed by atoms with van der Waals surface area (Å²) in [5, 5.41) is 0. The minimum atomic E-state index is -0.383. The molecular formula is C14H19FN2O2. The second-order valence-electron chi connectivity index (χ2n) is 4.64. The number of ether oxygens (including phenoxy) is 1. The van der Waals surface area contributed by atoms with Crippen molar-refractivity contribution in [1.29, 1.82) is 0 Å². The summed E-state index contributed by atoms with van der Waals surface area (Å²) in [6.07, 6.45) is 1.35. The molecule has 1 aromatic carbocycles. The highest BCUT2D eigenvalue weighted by Crippen LogP contribution is 2.24. The van der Waals surface area contributed by atoms with Crippen molar-refractivity contribution < 1.29 is 13.9 Å². The van der Waals surface area contributed by atoms with Gasteiger partial charge < -0.3 is 15.4 Å². The van der Waals surface area contributed by atoms with Crippen LogP contribution in [0.4, 0.5) is 10.1 Å². The van der Waals surface area contributed by atoms with Gasteiger partial charge in [-0.05, 0) is 31.5 Å². The first-order chi connectivity index (χ1) is 9.24. The fourth-order valence-corrected chi connectivity index (χ4v) is 2.22. The molecule has 0 aromatic heterocycles. The average Bonchev–Trinajstić information content (AvgIpc) is 2.94. The van der Waals surface area contributed by atoms with E-state index in [0.717, 1.165) is 0 Å². The van der Waals surface area contributed by atoms with Gasteiger partial charge in [0.15, 0.2) is 0 Å². The van der Waals surface area contributed by atoms with E-state index in [-0.39, 0.29) is 17.6 Å². The lowest BCUT2D eigenvalue weighted by Gasteiger charge is -2.25. The Kier molecular flexibility index (Phi) is 4.87. The number of hydrogen-bond donors (Lipinski definition) is 1. The summed E-state index contributed by atoms with van der Waals surface area (Å²) in [4.78, 5) is 13.9. The number of nitrogens with zero attached hydrogens (tertiary/aromatic N) is 1. The van der Waals surface area contributed by atoms with Gasteiger partial charge in [0.2, 0.25) is 5.91 Å². The molecule has 0 saturated carbocycles. The van der Waals surface area contributed by atoms with Crippen molar-refractivity contribution in [3.8, 4) is 0 Å². The van der Waals surface area contributed by atoms with Crippen LogP contribution in [-0.2, 0) is 9.53 Å². The zero-order valence-electron chi connectivity index (χ0n) is 10.8. The molecule has 0 spiro atoms. The van der Waals surface area contributed by atoms with E-state index in [2.05, 4.69) is 0 Å². The van der Waals surface area contributed by atoms with Crippen molar-refractivity contribution in [2.75, 3.05) is 31.2 Å². The molecule has 1 unspecified atom stereocenters. The Labute approximate surface area is 112 Å². The highest BCUT2D eigenvalue weighted by Gasteiger charge is 2.29. The maximum absolute atomic E-state index is 13.9. The van der Waals surface area contributed by atoms with Crippen LogP contribution < -0.4 is 10.6 Å². The lowest BCUT2D eigenvalue weighted by molar-refractivity contribution is -0.122. The molecule has 5 heteroatoms. The van der Waals surface area contributed by atoms with Crippen LogP contribution in [0.15, 0.2) is 24.3 Å². The van der Waals surface area contributed by atoms with Gasteiger partial charge in [-0.2, -0.15) is 0 Å². The van der Waals surface area contributed by atoms with Crippen molar-refractivity contribution in [1.82, 2.24) is 0 Å². The number of para-hydroxylation sites is 1. The summed E-state index contributed by atoms with van der Waals surface area (Å²) >= 11 is 0. The van der Waals surface area contributed by atoms with E-state index in [1.54, 1.807) is 18.2 Å². The van der Waals surface area contributed by atoms with Crippen LogP contribution in [-0.4, -0.2) is 32.2 Å². The number of rotatable bonds is 5.